The van der Waals surface area contributed by atoms with Crippen LogP contribution < -0.4 is 0 Å². The van der Waals surface area contributed by atoms with Gasteiger partial charge in [0, 0.05) is 50.1 Å². The first-order valence-electron chi connectivity index (χ1n) is 47.7. The molecule has 0 spiro atoms. The molecule has 27 rings (SSSR count). The summed E-state index contributed by atoms with van der Waals surface area (Å²) in [4.78, 5) is 45.7. The highest BCUT2D eigenvalue weighted by atomic mass is 15.1. The fourth-order valence-electron chi connectivity index (χ4n) is 20.5. The van der Waals surface area contributed by atoms with Gasteiger partial charge in [0.25, 0.3) is 0 Å². The van der Waals surface area contributed by atoms with Crippen molar-refractivity contribution in [2.24, 2.45) is 0 Å². The first-order valence-corrected chi connectivity index (χ1v) is 47.7. The summed E-state index contributed by atoms with van der Waals surface area (Å²) < 4.78 is 0. The van der Waals surface area contributed by atoms with Crippen molar-refractivity contribution in [3.05, 3.63) is 538 Å². The molecule has 26 aromatic rings. The predicted molar refractivity (Wildman–Crippen MR) is 582 cm³/mol. The Morgan fingerprint density at radius 3 is 0.908 bits per heavy atom. The van der Waals surface area contributed by atoms with Gasteiger partial charge in [-0.25, -0.2) is 44.9 Å². The largest absolute Gasteiger partial charge is 0.208 e. The summed E-state index contributed by atoms with van der Waals surface area (Å²) >= 11 is 0. The van der Waals surface area contributed by atoms with E-state index < -0.39 is 5.41 Å². The molecule has 0 bridgehead atoms. The Balaban J connectivity index is 0.000000112. The maximum atomic E-state index is 5.21. The zero-order chi connectivity index (χ0) is 93.5. The third-order valence-electron chi connectivity index (χ3n) is 27.4. The van der Waals surface area contributed by atoms with E-state index in [1.54, 1.807) is 0 Å². The van der Waals surface area contributed by atoms with E-state index in [2.05, 4.69) is 443 Å². The van der Waals surface area contributed by atoms with E-state index in [0.717, 1.165) is 105 Å². The van der Waals surface area contributed by atoms with Crippen molar-refractivity contribution in [1.82, 2.24) is 44.9 Å². The first kappa shape index (κ1) is 84.0. The summed E-state index contributed by atoms with van der Waals surface area (Å²) in [5, 5.41) is 19.1. The number of nitrogens with zero attached hydrogens (tertiary/aromatic N) is 9. The van der Waals surface area contributed by atoms with Crippen LogP contribution in [0, 0.1) is 0 Å². The smallest absolute Gasteiger partial charge is 0.164 e. The summed E-state index contributed by atoms with van der Waals surface area (Å²) in [6, 6.07) is 182. The molecule has 3 aromatic heterocycles. The van der Waals surface area contributed by atoms with E-state index in [4.69, 9.17) is 44.9 Å². The van der Waals surface area contributed by atoms with E-state index in [0.29, 0.717) is 52.4 Å². The van der Waals surface area contributed by atoms with E-state index in [9.17, 15) is 0 Å². The van der Waals surface area contributed by atoms with Crippen molar-refractivity contribution < 1.29 is 0 Å². The predicted octanol–water partition coefficient (Wildman–Crippen LogP) is 33.2. The van der Waals surface area contributed by atoms with Crippen molar-refractivity contribution in [1.29, 1.82) is 0 Å². The SMILES string of the molecule is c1ccc(-c2ccc(-c3cccc(-c4nc(-c5ccccc5)nc(-c5ccc6c(ccc7ccccc76)c5)n4)c3)cc2)cc1.c1ccc(-c2nc(-c3ccc(C4(c5ccccc5)c5ccccc5-c5ccccc54)cc3)nc(-c3cc4ccccc4c4ccccc34)n2)cc1.c1ccc(-c2nc(-c3ccc4ccccc4c3)nc(-c3cc(-c4ccc5c(ccc6ccccc65)c4)cc4ccccc34)n2)cc1. The number of hydrogen-bond donors (Lipinski definition) is 0. The van der Waals surface area contributed by atoms with Crippen molar-refractivity contribution in [3.8, 4) is 147 Å². The highest BCUT2D eigenvalue weighted by Gasteiger charge is 2.46. The van der Waals surface area contributed by atoms with E-state index in [1.165, 1.54) is 98.4 Å². The number of fused-ring (bicyclic) bond motifs is 14. The Labute approximate surface area is 815 Å². The number of aromatic nitrogens is 9. The van der Waals surface area contributed by atoms with Gasteiger partial charge in [0.15, 0.2) is 52.4 Å². The van der Waals surface area contributed by atoms with Gasteiger partial charge in [0.05, 0.1) is 5.41 Å². The lowest BCUT2D eigenvalue weighted by molar-refractivity contribution is 0.768. The Bertz CT molecular complexity index is 9240. The molecule has 0 saturated carbocycles. The number of rotatable bonds is 14. The lowest BCUT2D eigenvalue weighted by Crippen LogP contribution is -2.28. The average molecular weight is 1800 g/mol. The topological polar surface area (TPSA) is 116 Å². The molecule has 0 amide bonds. The molecule has 1 aliphatic carbocycles. The van der Waals surface area contributed by atoms with Gasteiger partial charge in [-0.3, -0.25) is 0 Å². The monoisotopic (exact) mass is 1800 g/mol. The molecule has 0 atom stereocenters. The van der Waals surface area contributed by atoms with Gasteiger partial charge in [0.2, 0.25) is 0 Å². The molecule has 9 heteroatoms. The van der Waals surface area contributed by atoms with Gasteiger partial charge in [-0.05, 0) is 195 Å². The molecular formula is C132H85N9. The molecule has 0 fully saturated rings. The molecule has 0 aliphatic heterocycles. The standard InChI is InChI=1S/C48H31N3.C43H27N3.C41H27N3/c1-3-15-32(16-4-1)45-49-46(51-47(50-45)42-31-34-17-7-8-20-37(34)38-21-9-10-22-39(38)42)33-27-29-36(30-28-33)48(35-18-5-2-6-19-35)43-25-13-11-23-40(43)41-24-12-14-26-44(41)48;1-2-12-30(13-3-1)41-44-42(35-21-18-28-10-4-5-14-31(28)25-35)46-43(45-41)40-27-36(26-33-15-7-9-17-38(33)40)32-22-23-39-34(24-32)20-19-29-11-6-8-16-37(29)39;1-3-10-28(11-4-1)29-18-20-30(21-19-29)33-15-9-16-35(26-33)40-42-39(32-13-5-2-6-14-32)43-41(44-40)36-24-25-38-34(27-36)23-22-31-12-7-8-17-37(31)38/h1-31H;1-27H;1-27H. The Morgan fingerprint density at radius 2 is 0.383 bits per heavy atom. The van der Waals surface area contributed by atoms with Crippen LogP contribution in [0.25, 0.3) is 233 Å². The summed E-state index contributed by atoms with van der Waals surface area (Å²) in [7, 11) is 0. The van der Waals surface area contributed by atoms with Crippen LogP contribution in [0.3, 0.4) is 0 Å². The molecule has 9 nitrogen and oxygen atoms in total. The lowest BCUT2D eigenvalue weighted by atomic mass is 9.67. The van der Waals surface area contributed by atoms with Crippen LogP contribution in [0.4, 0.5) is 0 Å². The molecular weight excluding hydrogens is 1710 g/mol. The lowest BCUT2D eigenvalue weighted by Gasteiger charge is -2.34. The summed E-state index contributed by atoms with van der Waals surface area (Å²) in [6.07, 6.45) is 0. The van der Waals surface area contributed by atoms with Crippen LogP contribution >= 0.6 is 0 Å². The van der Waals surface area contributed by atoms with E-state index in [1.807, 2.05) is 72.8 Å². The van der Waals surface area contributed by atoms with Gasteiger partial charge in [-0.2, -0.15) is 0 Å². The molecule has 0 radical (unpaired) electrons. The minimum Gasteiger partial charge on any atom is -0.208 e. The van der Waals surface area contributed by atoms with Crippen LogP contribution in [0.5, 0.6) is 0 Å². The third kappa shape index (κ3) is 16.0. The van der Waals surface area contributed by atoms with Gasteiger partial charge in [0.1, 0.15) is 0 Å². The second-order valence-corrected chi connectivity index (χ2v) is 35.8. The summed E-state index contributed by atoms with van der Waals surface area (Å²) in [6.45, 7) is 0. The molecule has 23 aromatic carbocycles. The van der Waals surface area contributed by atoms with Gasteiger partial charge in [-0.1, -0.05) is 473 Å². The molecule has 0 unspecified atom stereocenters. The van der Waals surface area contributed by atoms with Crippen molar-refractivity contribution >= 4 is 86.2 Å². The molecule has 3 heterocycles. The second kappa shape index (κ2) is 36.4. The van der Waals surface area contributed by atoms with Crippen LogP contribution in [-0.4, -0.2) is 44.9 Å². The minimum absolute atomic E-state index is 0.462. The van der Waals surface area contributed by atoms with Crippen LogP contribution in [0.15, 0.2) is 516 Å². The van der Waals surface area contributed by atoms with Gasteiger partial charge in [-0.15, -0.1) is 0 Å². The maximum Gasteiger partial charge on any atom is 0.164 e. The summed E-state index contributed by atoms with van der Waals surface area (Å²) in [5.74, 6) is 5.87. The Morgan fingerprint density at radius 1 is 0.113 bits per heavy atom. The Kier molecular flexibility index (Phi) is 21.7. The normalized spacial score (nSPS) is 11.9. The van der Waals surface area contributed by atoms with Gasteiger partial charge >= 0.3 is 0 Å². The van der Waals surface area contributed by atoms with Crippen LogP contribution in [0.1, 0.15) is 22.3 Å². The van der Waals surface area contributed by atoms with Crippen LogP contribution in [0.2, 0.25) is 0 Å². The zero-order valence-electron chi connectivity index (χ0n) is 76.6. The average Bonchev–Trinajstić information content (AvgIpc) is 1.54. The zero-order valence-corrected chi connectivity index (χ0v) is 76.6. The first-order chi connectivity index (χ1) is 69.8. The molecule has 0 N–H and O–H groups in total. The Hall–Kier alpha value is -18.8. The molecule has 658 valence electrons. The van der Waals surface area contributed by atoms with Crippen molar-refractivity contribution in [2.75, 3.05) is 0 Å². The molecule has 141 heavy (non-hydrogen) atoms. The van der Waals surface area contributed by atoms with E-state index in [-0.39, 0.29) is 0 Å². The number of benzene rings is 23. The molecule has 1 aliphatic rings. The van der Waals surface area contributed by atoms with Crippen molar-refractivity contribution in [3.63, 3.8) is 0 Å². The third-order valence-corrected chi connectivity index (χ3v) is 27.4. The quantitative estimate of drug-likeness (QED) is 0.0981. The fourth-order valence-corrected chi connectivity index (χ4v) is 20.5. The second-order valence-electron chi connectivity index (χ2n) is 35.8. The van der Waals surface area contributed by atoms with Crippen molar-refractivity contribution in [2.45, 2.75) is 5.41 Å². The van der Waals surface area contributed by atoms with Crippen LogP contribution in [-0.2, 0) is 5.41 Å². The van der Waals surface area contributed by atoms with Gasteiger partial charge < -0.3 is 0 Å². The maximum absolute atomic E-state index is 5.21. The highest BCUT2D eigenvalue weighted by Crippen LogP contribution is 2.56. The highest BCUT2D eigenvalue weighted by molar-refractivity contribution is 6.14. The summed E-state index contributed by atoms with van der Waals surface area (Å²) in [5.41, 5.74) is 22.7. The van der Waals surface area contributed by atoms with E-state index >= 15 is 0 Å². The minimum atomic E-state index is -0.462. The number of hydrogen-bond acceptors (Lipinski definition) is 9. The molecule has 0 saturated heterocycles. The fraction of sp³-hybridized carbons (Fsp3) is 0.00758.